The number of rotatable bonds is 3. The van der Waals surface area contributed by atoms with Crippen molar-refractivity contribution in [3.8, 4) is 0 Å². The minimum atomic E-state index is -0.326. The minimum Gasteiger partial charge on any atom is -0.457 e. The zero-order valence-electron chi connectivity index (χ0n) is 12.2. The van der Waals surface area contributed by atoms with E-state index in [1.165, 1.54) is 0 Å². The van der Waals surface area contributed by atoms with Crippen molar-refractivity contribution < 1.29 is 9.53 Å². The maximum Gasteiger partial charge on any atom is 0.337 e. The van der Waals surface area contributed by atoms with Gasteiger partial charge in [-0.2, -0.15) is 0 Å². The summed E-state index contributed by atoms with van der Waals surface area (Å²) >= 11 is 5.01. The number of esters is 1. The van der Waals surface area contributed by atoms with E-state index in [0.29, 0.717) is 17.2 Å². The summed E-state index contributed by atoms with van der Waals surface area (Å²) in [5.74, 6) is -0.326. The van der Waals surface area contributed by atoms with E-state index in [1.807, 2.05) is 49.4 Å². The second-order valence-electron chi connectivity index (χ2n) is 5.13. The van der Waals surface area contributed by atoms with E-state index < -0.39 is 0 Å². The van der Waals surface area contributed by atoms with E-state index in [0.717, 1.165) is 22.0 Å². The molecular formula is C17H16N2O2S. The number of thiocarbonyl (C=S) groups is 1. The van der Waals surface area contributed by atoms with Gasteiger partial charge in [-0.3, -0.25) is 0 Å². The lowest BCUT2D eigenvalue weighted by Gasteiger charge is -2.21. The van der Waals surface area contributed by atoms with Crippen LogP contribution in [0.4, 0.5) is 0 Å². The van der Waals surface area contributed by atoms with Crippen LogP contribution in [0, 0.1) is 0 Å². The summed E-state index contributed by atoms with van der Waals surface area (Å²) in [6.45, 7) is 2.47. The SMILES string of the molecule is CC1=C(C(=O)OCc2cccc3ccccc23)CNC(=S)N1. The van der Waals surface area contributed by atoms with Crippen LogP contribution in [0.1, 0.15) is 12.5 Å². The third kappa shape index (κ3) is 2.94. The third-order valence-electron chi connectivity index (χ3n) is 3.66. The van der Waals surface area contributed by atoms with Crippen LogP contribution in [0.15, 0.2) is 53.7 Å². The molecule has 0 aliphatic carbocycles. The normalized spacial score (nSPS) is 14.5. The lowest BCUT2D eigenvalue weighted by Crippen LogP contribution is -2.42. The topological polar surface area (TPSA) is 50.4 Å². The fraction of sp³-hybridized carbons (Fsp3) is 0.176. The summed E-state index contributed by atoms with van der Waals surface area (Å²) < 4.78 is 5.46. The van der Waals surface area contributed by atoms with Gasteiger partial charge >= 0.3 is 5.97 Å². The summed E-state index contributed by atoms with van der Waals surface area (Å²) in [6, 6.07) is 14.0. The molecule has 1 aliphatic rings. The molecule has 0 spiro atoms. The highest BCUT2D eigenvalue weighted by Gasteiger charge is 2.19. The predicted octanol–water partition coefficient (Wildman–Crippen LogP) is 2.63. The lowest BCUT2D eigenvalue weighted by atomic mass is 10.1. The maximum atomic E-state index is 12.2. The van der Waals surface area contributed by atoms with Gasteiger partial charge in [0.25, 0.3) is 0 Å². The van der Waals surface area contributed by atoms with Gasteiger partial charge in [0, 0.05) is 5.70 Å². The molecule has 0 saturated heterocycles. The number of hydrogen-bond donors (Lipinski definition) is 2. The third-order valence-corrected chi connectivity index (χ3v) is 3.91. The maximum absolute atomic E-state index is 12.2. The first kappa shape index (κ1) is 14.5. The van der Waals surface area contributed by atoms with Gasteiger partial charge in [0.05, 0.1) is 12.1 Å². The Morgan fingerprint density at radius 2 is 2.00 bits per heavy atom. The Kier molecular flexibility index (Phi) is 4.06. The standard InChI is InChI=1S/C17H16N2O2S/c1-11-15(9-18-17(22)19-11)16(20)21-10-13-7-4-6-12-5-2-3-8-14(12)13/h2-8H,9-10H2,1H3,(H2,18,19,22). The zero-order chi connectivity index (χ0) is 15.5. The van der Waals surface area contributed by atoms with Crippen LogP contribution in [0.25, 0.3) is 10.8 Å². The summed E-state index contributed by atoms with van der Waals surface area (Å²) in [6.07, 6.45) is 0. The van der Waals surface area contributed by atoms with Gasteiger partial charge < -0.3 is 15.4 Å². The molecule has 0 amide bonds. The molecule has 0 unspecified atom stereocenters. The quantitative estimate of drug-likeness (QED) is 0.674. The smallest absolute Gasteiger partial charge is 0.337 e. The van der Waals surface area contributed by atoms with E-state index in [2.05, 4.69) is 10.6 Å². The lowest BCUT2D eigenvalue weighted by molar-refractivity contribution is -0.140. The van der Waals surface area contributed by atoms with Crippen molar-refractivity contribution in [1.29, 1.82) is 0 Å². The molecule has 0 atom stereocenters. The molecular weight excluding hydrogens is 296 g/mol. The molecule has 112 valence electrons. The van der Waals surface area contributed by atoms with Crippen molar-refractivity contribution in [2.75, 3.05) is 6.54 Å². The number of nitrogens with one attached hydrogen (secondary N) is 2. The zero-order valence-corrected chi connectivity index (χ0v) is 13.0. The number of carbonyl (C=O) groups is 1. The molecule has 22 heavy (non-hydrogen) atoms. The first-order valence-electron chi connectivity index (χ1n) is 7.03. The summed E-state index contributed by atoms with van der Waals surface area (Å²) in [7, 11) is 0. The molecule has 1 heterocycles. The average molecular weight is 312 g/mol. The molecule has 0 aromatic heterocycles. The number of carbonyl (C=O) groups excluding carboxylic acids is 1. The second-order valence-corrected chi connectivity index (χ2v) is 5.53. The van der Waals surface area contributed by atoms with E-state index in [9.17, 15) is 4.79 Å². The molecule has 0 saturated carbocycles. The van der Waals surface area contributed by atoms with Crippen LogP contribution >= 0.6 is 12.2 Å². The largest absolute Gasteiger partial charge is 0.457 e. The number of hydrogen-bond acceptors (Lipinski definition) is 3. The Morgan fingerprint density at radius 1 is 1.23 bits per heavy atom. The first-order chi connectivity index (χ1) is 10.6. The van der Waals surface area contributed by atoms with Gasteiger partial charge in [0.15, 0.2) is 5.11 Å². The molecule has 1 aliphatic heterocycles. The Bertz CT molecular complexity index is 778. The van der Waals surface area contributed by atoms with Crippen LogP contribution in [0.5, 0.6) is 0 Å². The Labute approximate surface area is 134 Å². The molecule has 2 aromatic carbocycles. The highest BCUT2D eigenvalue weighted by atomic mass is 32.1. The molecule has 2 aromatic rings. The Balaban J connectivity index is 1.76. The predicted molar refractivity (Wildman–Crippen MR) is 90.2 cm³/mol. The summed E-state index contributed by atoms with van der Waals surface area (Å²) in [5.41, 5.74) is 2.32. The van der Waals surface area contributed by atoms with Crippen molar-refractivity contribution in [2.45, 2.75) is 13.5 Å². The van der Waals surface area contributed by atoms with Gasteiger partial charge in [-0.25, -0.2) is 4.79 Å². The van der Waals surface area contributed by atoms with Crippen LogP contribution in [0.2, 0.25) is 0 Å². The summed E-state index contributed by atoms with van der Waals surface area (Å²) in [5, 5.41) is 8.64. The molecule has 5 heteroatoms. The molecule has 0 radical (unpaired) electrons. The molecule has 0 bridgehead atoms. The van der Waals surface area contributed by atoms with Crippen LogP contribution < -0.4 is 10.6 Å². The minimum absolute atomic E-state index is 0.251. The number of fused-ring (bicyclic) bond motifs is 1. The second kappa shape index (κ2) is 6.15. The monoisotopic (exact) mass is 312 g/mol. The fourth-order valence-electron chi connectivity index (χ4n) is 2.47. The van der Waals surface area contributed by atoms with Crippen molar-refractivity contribution in [2.24, 2.45) is 0 Å². The Hall–Kier alpha value is -2.40. The van der Waals surface area contributed by atoms with Gasteiger partial charge in [-0.15, -0.1) is 0 Å². The van der Waals surface area contributed by atoms with E-state index in [-0.39, 0.29) is 12.6 Å². The van der Waals surface area contributed by atoms with Crippen molar-refractivity contribution >= 4 is 34.1 Å². The van der Waals surface area contributed by atoms with Crippen molar-refractivity contribution in [3.05, 3.63) is 59.3 Å². The van der Waals surface area contributed by atoms with Gasteiger partial charge in [0.1, 0.15) is 6.61 Å². The highest BCUT2D eigenvalue weighted by Crippen LogP contribution is 2.19. The number of ether oxygens (including phenoxy) is 1. The van der Waals surface area contributed by atoms with Crippen molar-refractivity contribution in [1.82, 2.24) is 10.6 Å². The van der Waals surface area contributed by atoms with Gasteiger partial charge in [0.2, 0.25) is 0 Å². The van der Waals surface area contributed by atoms with Crippen LogP contribution in [-0.2, 0) is 16.1 Å². The van der Waals surface area contributed by atoms with Crippen LogP contribution in [-0.4, -0.2) is 17.6 Å². The molecule has 4 nitrogen and oxygen atoms in total. The Morgan fingerprint density at radius 3 is 2.82 bits per heavy atom. The van der Waals surface area contributed by atoms with Crippen LogP contribution in [0.3, 0.4) is 0 Å². The molecule has 3 rings (SSSR count). The van der Waals surface area contributed by atoms with Crippen molar-refractivity contribution in [3.63, 3.8) is 0 Å². The van der Waals surface area contributed by atoms with E-state index >= 15 is 0 Å². The van der Waals surface area contributed by atoms with E-state index in [4.69, 9.17) is 17.0 Å². The highest BCUT2D eigenvalue weighted by molar-refractivity contribution is 7.80. The fourth-order valence-corrected chi connectivity index (χ4v) is 2.69. The van der Waals surface area contributed by atoms with E-state index in [1.54, 1.807) is 0 Å². The summed E-state index contributed by atoms with van der Waals surface area (Å²) in [4.78, 5) is 12.2. The molecule has 0 fully saturated rings. The van der Waals surface area contributed by atoms with Gasteiger partial charge in [-0.05, 0) is 35.5 Å². The number of benzene rings is 2. The van der Waals surface area contributed by atoms with Gasteiger partial charge in [-0.1, -0.05) is 42.5 Å². The first-order valence-corrected chi connectivity index (χ1v) is 7.44. The average Bonchev–Trinajstić information content (AvgIpc) is 2.52. The number of allylic oxidation sites excluding steroid dienone is 1. The molecule has 2 N–H and O–H groups in total.